The second-order valence-electron chi connectivity index (χ2n) is 5.15. The van der Waals surface area contributed by atoms with Gasteiger partial charge in [0.25, 0.3) is 5.56 Å². The molecule has 0 aliphatic heterocycles. The summed E-state index contributed by atoms with van der Waals surface area (Å²) in [6.45, 7) is 3.88. The van der Waals surface area contributed by atoms with Crippen molar-refractivity contribution in [2.24, 2.45) is 0 Å². The van der Waals surface area contributed by atoms with Gasteiger partial charge >= 0.3 is 0 Å². The first-order valence-corrected chi connectivity index (χ1v) is 7.14. The van der Waals surface area contributed by atoms with Crippen molar-refractivity contribution in [2.45, 2.75) is 26.7 Å². The Morgan fingerprint density at radius 3 is 2.90 bits per heavy atom. The lowest BCUT2D eigenvalue weighted by molar-refractivity contribution is 0.823. The van der Waals surface area contributed by atoms with E-state index in [9.17, 15) is 4.79 Å². The summed E-state index contributed by atoms with van der Waals surface area (Å²) in [5, 5.41) is 1.05. The van der Waals surface area contributed by atoms with Crippen LogP contribution in [0.3, 0.4) is 0 Å². The third-order valence-corrected chi connectivity index (χ3v) is 3.56. The number of rotatable bonds is 3. The van der Waals surface area contributed by atoms with Gasteiger partial charge in [-0.1, -0.05) is 19.1 Å². The van der Waals surface area contributed by atoms with Crippen LogP contribution in [0.5, 0.6) is 0 Å². The van der Waals surface area contributed by atoms with Gasteiger partial charge in [-0.2, -0.15) is 0 Å². The highest BCUT2D eigenvalue weighted by Crippen LogP contribution is 2.23. The number of aromatic nitrogens is 3. The number of hydrogen-bond donors (Lipinski definition) is 1. The van der Waals surface area contributed by atoms with Crippen LogP contribution in [0.4, 0.5) is 0 Å². The number of H-pyrrole nitrogens is 1. The topological polar surface area (TPSA) is 58.6 Å². The molecule has 0 saturated carbocycles. The summed E-state index contributed by atoms with van der Waals surface area (Å²) in [5.74, 6) is 0.745. The summed E-state index contributed by atoms with van der Waals surface area (Å²) in [6, 6.07) is 9.90. The van der Waals surface area contributed by atoms with Crippen molar-refractivity contribution in [1.29, 1.82) is 0 Å². The van der Waals surface area contributed by atoms with Crippen LogP contribution in [0.25, 0.3) is 22.2 Å². The zero-order chi connectivity index (χ0) is 14.8. The van der Waals surface area contributed by atoms with Gasteiger partial charge < -0.3 is 4.98 Å². The fourth-order valence-corrected chi connectivity index (χ4v) is 2.44. The number of nitrogens with one attached hydrogen (secondary N) is 1. The fraction of sp³-hybridized carbons (Fsp3) is 0.235. The smallest absolute Gasteiger partial charge is 0.254 e. The predicted molar refractivity (Wildman–Crippen MR) is 84.3 cm³/mol. The van der Waals surface area contributed by atoms with Crippen LogP contribution in [-0.2, 0) is 6.42 Å². The average molecular weight is 279 g/mol. The molecule has 3 rings (SSSR count). The maximum Gasteiger partial charge on any atom is 0.254 e. The number of nitrogens with zero attached hydrogens (tertiary/aromatic N) is 2. The molecule has 4 heteroatoms. The van der Waals surface area contributed by atoms with E-state index in [0.29, 0.717) is 5.56 Å². The van der Waals surface area contributed by atoms with Gasteiger partial charge in [0.05, 0.1) is 11.2 Å². The molecule has 4 nitrogen and oxygen atoms in total. The SMILES string of the molecule is CCCc1nc(-c2ccc3ncccc3c2)c(C)c(=O)[nH]1. The first kappa shape index (κ1) is 13.5. The highest BCUT2D eigenvalue weighted by molar-refractivity contribution is 5.84. The molecule has 2 aromatic heterocycles. The summed E-state index contributed by atoms with van der Waals surface area (Å²) in [7, 11) is 0. The Bertz CT molecular complexity index is 852. The lowest BCUT2D eigenvalue weighted by Crippen LogP contribution is -2.16. The zero-order valence-electron chi connectivity index (χ0n) is 12.2. The van der Waals surface area contributed by atoms with Crippen molar-refractivity contribution in [2.75, 3.05) is 0 Å². The summed E-state index contributed by atoms with van der Waals surface area (Å²) in [5.41, 5.74) is 3.25. The van der Waals surface area contributed by atoms with Crippen molar-refractivity contribution in [1.82, 2.24) is 15.0 Å². The van der Waals surface area contributed by atoms with Gasteiger partial charge in [-0.15, -0.1) is 0 Å². The highest BCUT2D eigenvalue weighted by Gasteiger charge is 2.10. The van der Waals surface area contributed by atoms with Crippen LogP contribution >= 0.6 is 0 Å². The molecule has 21 heavy (non-hydrogen) atoms. The first-order valence-electron chi connectivity index (χ1n) is 7.14. The third kappa shape index (κ3) is 2.57. The van der Waals surface area contributed by atoms with E-state index >= 15 is 0 Å². The van der Waals surface area contributed by atoms with E-state index in [0.717, 1.165) is 40.8 Å². The highest BCUT2D eigenvalue weighted by atomic mass is 16.1. The van der Waals surface area contributed by atoms with E-state index in [1.807, 2.05) is 37.3 Å². The van der Waals surface area contributed by atoms with Gasteiger partial charge in [-0.25, -0.2) is 4.98 Å². The molecule has 1 aromatic carbocycles. The first-order chi connectivity index (χ1) is 10.2. The van der Waals surface area contributed by atoms with Crippen molar-refractivity contribution in [3.63, 3.8) is 0 Å². The molecule has 3 aromatic rings. The molecular weight excluding hydrogens is 262 g/mol. The lowest BCUT2D eigenvalue weighted by Gasteiger charge is -2.08. The van der Waals surface area contributed by atoms with Gasteiger partial charge in [0, 0.05) is 29.1 Å². The molecular formula is C17H17N3O. The predicted octanol–water partition coefficient (Wildman–Crippen LogP) is 3.25. The Kier molecular flexibility index (Phi) is 3.52. The number of aryl methyl sites for hydroxylation is 1. The van der Waals surface area contributed by atoms with E-state index in [1.165, 1.54) is 0 Å². The van der Waals surface area contributed by atoms with Gasteiger partial charge in [0.2, 0.25) is 0 Å². The maximum atomic E-state index is 12.1. The molecule has 0 aliphatic rings. The van der Waals surface area contributed by atoms with Gasteiger partial charge in [0.15, 0.2) is 0 Å². The Morgan fingerprint density at radius 1 is 1.24 bits per heavy atom. The molecule has 0 amide bonds. The van der Waals surface area contributed by atoms with Gasteiger partial charge in [-0.3, -0.25) is 9.78 Å². The molecule has 0 aliphatic carbocycles. The van der Waals surface area contributed by atoms with Crippen LogP contribution in [0.2, 0.25) is 0 Å². The average Bonchev–Trinajstić information content (AvgIpc) is 2.50. The molecule has 0 radical (unpaired) electrons. The van der Waals surface area contributed by atoms with Gasteiger partial charge in [0.1, 0.15) is 5.82 Å². The molecule has 1 N–H and O–H groups in total. The van der Waals surface area contributed by atoms with E-state index in [-0.39, 0.29) is 5.56 Å². The van der Waals surface area contributed by atoms with Crippen molar-refractivity contribution >= 4 is 10.9 Å². The number of aromatic amines is 1. The van der Waals surface area contributed by atoms with Crippen LogP contribution in [0, 0.1) is 6.92 Å². The van der Waals surface area contributed by atoms with Crippen LogP contribution in [0.1, 0.15) is 24.7 Å². The molecule has 0 unspecified atom stereocenters. The minimum absolute atomic E-state index is 0.0604. The molecule has 0 saturated heterocycles. The number of fused-ring (bicyclic) bond motifs is 1. The summed E-state index contributed by atoms with van der Waals surface area (Å²) < 4.78 is 0. The molecule has 0 fully saturated rings. The molecule has 2 heterocycles. The third-order valence-electron chi connectivity index (χ3n) is 3.56. The number of hydrogen-bond acceptors (Lipinski definition) is 3. The summed E-state index contributed by atoms with van der Waals surface area (Å²) >= 11 is 0. The van der Waals surface area contributed by atoms with Crippen molar-refractivity contribution in [3.8, 4) is 11.3 Å². The largest absolute Gasteiger partial charge is 0.310 e. The van der Waals surface area contributed by atoms with Crippen molar-refractivity contribution < 1.29 is 0 Å². The summed E-state index contributed by atoms with van der Waals surface area (Å²) in [6.07, 6.45) is 3.50. The van der Waals surface area contributed by atoms with E-state index in [4.69, 9.17) is 0 Å². The number of benzene rings is 1. The fourth-order valence-electron chi connectivity index (χ4n) is 2.44. The lowest BCUT2D eigenvalue weighted by atomic mass is 10.0. The van der Waals surface area contributed by atoms with E-state index < -0.39 is 0 Å². The standard InChI is InChI=1S/C17H17N3O/c1-3-5-15-19-16(11(2)17(21)20-15)13-7-8-14-12(10-13)6-4-9-18-14/h4,6-10H,3,5H2,1-2H3,(H,19,20,21). The van der Waals surface area contributed by atoms with Crippen LogP contribution < -0.4 is 5.56 Å². The Labute approximate surface area is 122 Å². The minimum atomic E-state index is -0.0604. The van der Waals surface area contributed by atoms with Crippen LogP contribution in [0.15, 0.2) is 41.3 Å². The Balaban J connectivity index is 2.19. The number of pyridine rings is 1. The molecule has 106 valence electrons. The van der Waals surface area contributed by atoms with Crippen molar-refractivity contribution in [3.05, 3.63) is 58.3 Å². The summed E-state index contributed by atoms with van der Waals surface area (Å²) in [4.78, 5) is 23.8. The Morgan fingerprint density at radius 2 is 2.10 bits per heavy atom. The second kappa shape index (κ2) is 5.48. The second-order valence-corrected chi connectivity index (χ2v) is 5.15. The molecule has 0 bridgehead atoms. The molecule has 0 spiro atoms. The monoisotopic (exact) mass is 279 g/mol. The molecule has 0 atom stereocenters. The van der Waals surface area contributed by atoms with E-state index in [2.05, 4.69) is 21.9 Å². The Hall–Kier alpha value is -2.49. The minimum Gasteiger partial charge on any atom is -0.310 e. The van der Waals surface area contributed by atoms with Crippen LogP contribution in [-0.4, -0.2) is 15.0 Å². The zero-order valence-corrected chi connectivity index (χ0v) is 12.2. The van der Waals surface area contributed by atoms with Gasteiger partial charge in [-0.05, 0) is 31.5 Å². The maximum absolute atomic E-state index is 12.1. The normalized spacial score (nSPS) is 11.0. The quantitative estimate of drug-likeness (QED) is 0.800. The van der Waals surface area contributed by atoms with E-state index in [1.54, 1.807) is 6.20 Å².